The number of oxazole rings is 1. The fraction of sp³-hybridized carbons (Fsp3) is 0.276. The number of carbonyl (C=O) groups excluding carboxylic acids is 1. The van der Waals surface area contributed by atoms with Gasteiger partial charge >= 0.3 is 0 Å². The first-order valence-electron chi connectivity index (χ1n) is 12.1. The minimum atomic E-state index is -0.432. The first kappa shape index (κ1) is 26.3. The van der Waals surface area contributed by atoms with Gasteiger partial charge in [-0.05, 0) is 79.8 Å². The summed E-state index contributed by atoms with van der Waals surface area (Å²) >= 11 is 3.53. The van der Waals surface area contributed by atoms with E-state index in [0.717, 1.165) is 47.0 Å². The summed E-state index contributed by atoms with van der Waals surface area (Å²) in [7, 11) is 1.60. The number of thiol groups is 1. The number of carbonyl (C=O) groups is 1. The van der Waals surface area contributed by atoms with Crippen molar-refractivity contribution in [2.24, 2.45) is 0 Å². The molecule has 1 amide bonds. The Morgan fingerprint density at radius 1 is 1.14 bits per heavy atom. The molecule has 1 aliphatic heterocycles. The molecule has 3 heterocycles. The topological polar surface area (TPSA) is 89.3 Å². The van der Waals surface area contributed by atoms with Gasteiger partial charge < -0.3 is 19.8 Å². The van der Waals surface area contributed by atoms with Crippen molar-refractivity contribution in [1.82, 2.24) is 20.6 Å². The van der Waals surface area contributed by atoms with Gasteiger partial charge in [-0.1, -0.05) is 12.1 Å². The minimum Gasteiger partial charge on any atom is -0.497 e. The van der Waals surface area contributed by atoms with Gasteiger partial charge in [0.25, 0.3) is 5.91 Å². The van der Waals surface area contributed by atoms with E-state index in [1.807, 2.05) is 44.3 Å². The minimum absolute atomic E-state index is 0.105. The van der Waals surface area contributed by atoms with Crippen molar-refractivity contribution in [2.45, 2.75) is 32.2 Å². The van der Waals surface area contributed by atoms with Crippen LogP contribution >= 0.6 is 12.6 Å². The molecule has 192 valence electrons. The number of aromatic nitrogens is 2. The molecule has 2 aromatic carbocycles. The maximum absolute atomic E-state index is 13.2. The van der Waals surface area contributed by atoms with Crippen molar-refractivity contribution < 1.29 is 13.9 Å². The summed E-state index contributed by atoms with van der Waals surface area (Å²) in [6.45, 7) is 4.82. The molecule has 0 saturated heterocycles. The quantitative estimate of drug-likeness (QED) is 0.300. The molecule has 1 fully saturated rings. The zero-order chi connectivity index (χ0) is 26.4. The summed E-state index contributed by atoms with van der Waals surface area (Å²) in [6, 6.07) is 13.6. The van der Waals surface area contributed by atoms with Gasteiger partial charge in [0.05, 0.1) is 24.4 Å². The second-order valence-corrected chi connectivity index (χ2v) is 8.87. The van der Waals surface area contributed by atoms with Crippen LogP contribution in [0.2, 0.25) is 0 Å². The Labute approximate surface area is 222 Å². The Morgan fingerprint density at radius 2 is 1.86 bits per heavy atom. The fourth-order valence-corrected chi connectivity index (χ4v) is 4.18. The highest BCUT2D eigenvalue weighted by Gasteiger charge is 2.47. The van der Waals surface area contributed by atoms with Crippen LogP contribution in [-0.2, 0) is 5.54 Å². The average Bonchev–Trinajstić information content (AvgIpc) is 3.53. The van der Waals surface area contributed by atoms with Gasteiger partial charge in [-0.25, -0.2) is 4.98 Å². The molecule has 2 aliphatic rings. The van der Waals surface area contributed by atoms with Crippen molar-refractivity contribution in [3.63, 3.8) is 0 Å². The lowest BCUT2D eigenvalue weighted by atomic mass is 9.95. The second-order valence-electron chi connectivity index (χ2n) is 8.87. The van der Waals surface area contributed by atoms with E-state index in [9.17, 15) is 4.79 Å². The standard InChI is InChI=1S/C25H23N3O3.C3H5N.CH4S/c1-15-6-7-18(30-3)13-20(15)24(29)28-25(8-9-25)21-11-17(23-14-27-16(2)31-23)12-22-19(21)5-4-10-26-22;1-2-4-3-1;1-2/h4-7,10-14H,8-9H2,1-3H3,(H,28,29);1-2,4H,3H2;2H,1H3. The summed E-state index contributed by atoms with van der Waals surface area (Å²) in [5, 5.41) is 7.26. The van der Waals surface area contributed by atoms with E-state index >= 15 is 0 Å². The van der Waals surface area contributed by atoms with Gasteiger partial charge in [0.15, 0.2) is 11.7 Å². The predicted octanol–water partition coefficient (Wildman–Crippen LogP) is 5.58. The van der Waals surface area contributed by atoms with E-state index < -0.39 is 5.54 Å². The molecule has 8 heteroatoms. The molecule has 1 aliphatic carbocycles. The first-order chi connectivity index (χ1) is 18.0. The lowest BCUT2D eigenvalue weighted by molar-refractivity contribution is 0.0930. The number of hydrogen-bond acceptors (Lipinski definition) is 7. The highest BCUT2D eigenvalue weighted by molar-refractivity contribution is 7.79. The van der Waals surface area contributed by atoms with Gasteiger partial charge in [-0.3, -0.25) is 9.78 Å². The average molecular weight is 517 g/mol. The SMILES string of the molecule is C1=CNC1.COc1ccc(C)c(C(=O)NC2(c3cc(-c4cnc(C)o4)cc4ncccc34)CC2)c1.CS. The largest absolute Gasteiger partial charge is 0.497 e. The summed E-state index contributed by atoms with van der Waals surface area (Å²) < 4.78 is 11.1. The Hall–Kier alpha value is -3.78. The lowest BCUT2D eigenvalue weighted by Gasteiger charge is -2.21. The van der Waals surface area contributed by atoms with Crippen molar-refractivity contribution >= 4 is 29.4 Å². The lowest BCUT2D eigenvalue weighted by Crippen LogP contribution is -2.35. The third-order valence-electron chi connectivity index (χ3n) is 6.41. The van der Waals surface area contributed by atoms with E-state index in [0.29, 0.717) is 23.0 Å². The smallest absolute Gasteiger partial charge is 0.252 e. The maximum atomic E-state index is 13.2. The number of nitrogens with one attached hydrogen (secondary N) is 2. The maximum Gasteiger partial charge on any atom is 0.252 e. The van der Waals surface area contributed by atoms with Crippen LogP contribution in [-0.4, -0.2) is 35.8 Å². The molecule has 0 atom stereocenters. The molecule has 6 rings (SSSR count). The van der Waals surface area contributed by atoms with Gasteiger partial charge in [0.2, 0.25) is 0 Å². The Balaban J connectivity index is 0.000000479. The molecule has 0 spiro atoms. The van der Waals surface area contributed by atoms with Gasteiger partial charge in [0, 0.05) is 36.2 Å². The zero-order valence-electron chi connectivity index (χ0n) is 21.5. The Morgan fingerprint density at radius 3 is 2.46 bits per heavy atom. The van der Waals surface area contributed by atoms with Crippen LogP contribution in [0.5, 0.6) is 5.75 Å². The van der Waals surface area contributed by atoms with Crippen molar-refractivity contribution in [2.75, 3.05) is 19.9 Å². The van der Waals surface area contributed by atoms with Gasteiger partial charge in [0.1, 0.15) is 5.75 Å². The highest BCUT2D eigenvalue weighted by atomic mass is 32.1. The van der Waals surface area contributed by atoms with Crippen molar-refractivity contribution in [3.05, 3.63) is 89.7 Å². The van der Waals surface area contributed by atoms with E-state index in [-0.39, 0.29) is 5.91 Å². The van der Waals surface area contributed by atoms with E-state index in [4.69, 9.17) is 9.15 Å². The molecule has 0 bridgehead atoms. The summed E-state index contributed by atoms with van der Waals surface area (Å²) in [5.74, 6) is 1.86. The molecule has 2 N–H and O–H groups in total. The molecule has 7 nitrogen and oxygen atoms in total. The Bertz CT molecular complexity index is 1420. The number of aryl methyl sites for hydroxylation is 2. The van der Waals surface area contributed by atoms with Crippen LogP contribution in [0.15, 0.2) is 71.6 Å². The van der Waals surface area contributed by atoms with Crippen molar-refractivity contribution in [1.29, 1.82) is 0 Å². The number of hydrogen-bond donors (Lipinski definition) is 3. The number of ether oxygens (including phenoxy) is 1. The second kappa shape index (κ2) is 11.5. The molecular weight excluding hydrogens is 484 g/mol. The van der Waals surface area contributed by atoms with E-state index in [2.05, 4.69) is 51.4 Å². The van der Waals surface area contributed by atoms with Crippen LogP contribution in [0.1, 0.15) is 40.2 Å². The van der Waals surface area contributed by atoms with Gasteiger partial charge in [-0.15, -0.1) is 0 Å². The monoisotopic (exact) mass is 516 g/mol. The molecule has 0 unspecified atom stereocenters. The third-order valence-corrected chi connectivity index (χ3v) is 6.41. The number of methoxy groups -OCH3 is 1. The number of rotatable bonds is 5. The molecule has 1 saturated carbocycles. The van der Waals surface area contributed by atoms with Crippen LogP contribution in [0, 0.1) is 13.8 Å². The van der Waals surface area contributed by atoms with Crippen LogP contribution < -0.4 is 15.4 Å². The first-order valence-corrected chi connectivity index (χ1v) is 13.0. The van der Waals surface area contributed by atoms with Crippen LogP contribution in [0.4, 0.5) is 0 Å². The predicted molar refractivity (Wildman–Crippen MR) is 150 cm³/mol. The molecule has 2 aromatic heterocycles. The fourth-order valence-electron chi connectivity index (χ4n) is 4.18. The summed E-state index contributed by atoms with van der Waals surface area (Å²) in [5.41, 5.74) is 3.92. The molecule has 37 heavy (non-hydrogen) atoms. The third kappa shape index (κ3) is 5.80. The normalized spacial score (nSPS) is 14.2. The molecule has 4 aromatic rings. The summed E-state index contributed by atoms with van der Waals surface area (Å²) in [4.78, 5) is 22.0. The number of pyridine rings is 1. The Kier molecular flexibility index (Phi) is 8.18. The zero-order valence-corrected chi connectivity index (χ0v) is 22.4. The van der Waals surface area contributed by atoms with Crippen LogP contribution in [0.3, 0.4) is 0 Å². The van der Waals surface area contributed by atoms with Crippen LogP contribution in [0.25, 0.3) is 22.2 Å². The number of benzene rings is 2. The highest BCUT2D eigenvalue weighted by Crippen LogP contribution is 2.49. The van der Waals surface area contributed by atoms with Crippen molar-refractivity contribution in [3.8, 4) is 17.1 Å². The molecule has 0 radical (unpaired) electrons. The summed E-state index contributed by atoms with van der Waals surface area (Å²) in [6.07, 6.45) is 10.9. The molecular formula is C29H32N4O3S. The number of nitrogens with zero attached hydrogens (tertiary/aromatic N) is 2. The van der Waals surface area contributed by atoms with E-state index in [1.54, 1.807) is 31.8 Å². The van der Waals surface area contributed by atoms with Gasteiger partial charge in [-0.2, -0.15) is 12.6 Å². The number of amides is 1. The van der Waals surface area contributed by atoms with E-state index in [1.165, 1.54) is 0 Å². The number of fused-ring (bicyclic) bond motifs is 1.